The number of primary amides is 1. The van der Waals surface area contributed by atoms with Crippen LogP contribution in [0.25, 0.3) is 11.3 Å². The fourth-order valence-corrected chi connectivity index (χ4v) is 8.29. The Morgan fingerprint density at radius 1 is 0.729 bits per heavy atom. The summed E-state index contributed by atoms with van der Waals surface area (Å²) in [5.41, 5.74) is 13.7. The van der Waals surface area contributed by atoms with Gasteiger partial charge in [0.05, 0.1) is 77.3 Å². The van der Waals surface area contributed by atoms with Crippen LogP contribution in [0.3, 0.4) is 0 Å². The van der Waals surface area contributed by atoms with E-state index in [1.54, 1.807) is 42.6 Å². The Balaban J connectivity index is 0.000000217. The molecule has 3 heterocycles. The van der Waals surface area contributed by atoms with Crippen molar-refractivity contribution in [3.05, 3.63) is 113 Å². The minimum absolute atomic E-state index is 0.0479. The monoisotopic (exact) mass is 966 g/mol. The van der Waals surface area contributed by atoms with Gasteiger partial charge >= 0.3 is 0 Å². The summed E-state index contributed by atoms with van der Waals surface area (Å²) >= 11 is 0. The minimum Gasteiger partial charge on any atom is -0.394 e. The number of amides is 4. The maximum Gasteiger partial charge on any atom is 0.255 e. The highest BCUT2D eigenvalue weighted by Crippen LogP contribution is 2.33. The Bertz CT molecular complexity index is 2170. The Morgan fingerprint density at radius 3 is 2.06 bits per heavy atom. The lowest BCUT2D eigenvalue weighted by Crippen LogP contribution is -2.49. The van der Waals surface area contributed by atoms with Crippen LogP contribution >= 0.6 is 0 Å². The number of benzene rings is 3. The van der Waals surface area contributed by atoms with Crippen LogP contribution in [0.1, 0.15) is 75.9 Å². The van der Waals surface area contributed by atoms with Gasteiger partial charge in [0.15, 0.2) is 0 Å². The number of nitrogens with zero attached hydrogens (tertiary/aromatic N) is 5. The van der Waals surface area contributed by atoms with E-state index in [9.17, 15) is 19.2 Å². The molecule has 3 aliphatic rings. The maximum absolute atomic E-state index is 12.9. The lowest BCUT2D eigenvalue weighted by atomic mass is 9.92. The van der Waals surface area contributed by atoms with Crippen LogP contribution in [0.15, 0.2) is 85.1 Å². The average molecular weight is 966 g/mol. The molecule has 0 bridgehead atoms. The summed E-state index contributed by atoms with van der Waals surface area (Å²) in [6.07, 6.45) is 11.7. The van der Waals surface area contributed by atoms with Gasteiger partial charge in [0.2, 0.25) is 18.2 Å². The third-order valence-electron chi connectivity index (χ3n) is 12.3. The molecule has 70 heavy (non-hydrogen) atoms. The number of anilines is 2. The second-order valence-corrected chi connectivity index (χ2v) is 17.6. The smallest absolute Gasteiger partial charge is 0.255 e. The molecule has 7 rings (SSSR count). The van der Waals surface area contributed by atoms with Gasteiger partial charge < -0.3 is 49.8 Å². The molecule has 380 valence electrons. The first-order valence-electron chi connectivity index (χ1n) is 24.8. The molecule has 16 nitrogen and oxygen atoms in total. The van der Waals surface area contributed by atoms with Crippen LogP contribution in [-0.2, 0) is 41.4 Å². The zero-order valence-electron chi connectivity index (χ0n) is 41.4. The van der Waals surface area contributed by atoms with Crippen molar-refractivity contribution in [2.45, 2.75) is 58.3 Å². The van der Waals surface area contributed by atoms with Crippen LogP contribution < -0.4 is 16.0 Å². The van der Waals surface area contributed by atoms with Gasteiger partial charge in [0, 0.05) is 88.0 Å². The number of aliphatic hydroxyl groups is 1. The fraction of sp³-hybridized carbons (Fsp3) is 0.500. The molecule has 3 aromatic carbocycles. The number of aromatic nitrogens is 1. The summed E-state index contributed by atoms with van der Waals surface area (Å²) in [6, 6.07) is 25.5. The van der Waals surface area contributed by atoms with Crippen molar-refractivity contribution in [2.75, 3.05) is 129 Å². The van der Waals surface area contributed by atoms with Crippen LogP contribution in [0.5, 0.6) is 0 Å². The first-order chi connectivity index (χ1) is 34.1. The molecule has 2 fully saturated rings. The first kappa shape index (κ1) is 55.2. The van der Waals surface area contributed by atoms with E-state index in [4.69, 9.17) is 29.8 Å². The number of fused-ring (bicyclic) bond motifs is 1. The molecule has 4 amide bonds. The van der Waals surface area contributed by atoms with Gasteiger partial charge in [-0.25, -0.2) is 0 Å². The third kappa shape index (κ3) is 19.6. The number of hydrogen-bond acceptors (Lipinski definition) is 12. The van der Waals surface area contributed by atoms with Gasteiger partial charge in [-0.15, -0.1) is 0 Å². The molecular weight excluding hydrogens is 891 g/mol. The van der Waals surface area contributed by atoms with Crippen molar-refractivity contribution in [2.24, 2.45) is 5.73 Å². The van der Waals surface area contributed by atoms with Crippen molar-refractivity contribution in [3.63, 3.8) is 0 Å². The van der Waals surface area contributed by atoms with Crippen LogP contribution in [0, 0.1) is 6.92 Å². The van der Waals surface area contributed by atoms with E-state index in [1.807, 2.05) is 48.2 Å². The molecule has 16 heteroatoms. The summed E-state index contributed by atoms with van der Waals surface area (Å²) in [5.74, 6) is -0.585. The largest absolute Gasteiger partial charge is 0.394 e. The van der Waals surface area contributed by atoms with Crippen molar-refractivity contribution in [1.29, 1.82) is 0 Å². The number of hydrogen-bond donors (Lipinski definition) is 3. The molecule has 2 saturated heterocycles. The number of ether oxygens (including phenoxy) is 4. The molecule has 4 aromatic rings. The Kier molecular flexibility index (Phi) is 24.8. The second kappa shape index (κ2) is 31.5. The number of carbonyl (C=O) groups is 4. The zero-order chi connectivity index (χ0) is 49.8. The number of carbonyl (C=O) groups excluding carboxylic acids is 4. The Labute approximate surface area is 414 Å². The standard InChI is InChI=1S/C25H26N4O2.C19H37N3O7.C10H12/c1-17-6-5-7-19(14-17)25(31)28-22-9-8-20(29-12-3-2-4-13-29)16-21(22)23-15-18(24(26)30)10-11-27-23;1-20(18-24)7-11-28-15-17-29-16-14-26-10-2-19(25)22-5-3-21(4-6-22)8-12-27-13-9-23;1-2-6-10-8-4-3-7-9(10)5-1/h5-11,14-16H,2-4,12-13H2,1H3,(H2,26,30)(H,28,31);18,23H,2-17H2,1H3;1-2,5-6H,3-4,7-8H2. The topological polar surface area (TPSA) is 189 Å². The number of pyridine rings is 1. The number of aryl methyl sites for hydroxylation is 3. The highest BCUT2D eigenvalue weighted by atomic mass is 16.5. The normalized spacial score (nSPS) is 14.6. The van der Waals surface area contributed by atoms with E-state index in [-0.39, 0.29) is 18.4 Å². The van der Waals surface area contributed by atoms with Gasteiger partial charge in [0.1, 0.15) is 0 Å². The predicted octanol–water partition coefficient (Wildman–Crippen LogP) is 5.63. The molecule has 0 unspecified atom stereocenters. The van der Waals surface area contributed by atoms with Crippen molar-refractivity contribution in [1.82, 2.24) is 19.7 Å². The number of rotatable bonds is 23. The summed E-state index contributed by atoms with van der Waals surface area (Å²) in [6.45, 7) is 12.3. The zero-order valence-corrected chi connectivity index (χ0v) is 41.4. The van der Waals surface area contributed by atoms with Crippen molar-refractivity contribution >= 4 is 35.5 Å². The number of nitrogens with two attached hydrogens (primary N) is 1. The molecular formula is C54H75N7O9. The predicted molar refractivity (Wildman–Crippen MR) is 273 cm³/mol. The number of piperazine rings is 1. The molecule has 0 saturated carbocycles. The molecule has 0 radical (unpaired) electrons. The SMILES string of the molecule is CN(C=O)CCOCCOCCOCCC(=O)N1CCN(CCOCCO)CC1.Cc1cccc(C(=O)Nc2ccc(N3CCCCC3)cc2-c2cc(C(N)=O)ccn2)c1.c1ccc2c(c1)CCCC2. The fourth-order valence-electron chi connectivity index (χ4n) is 8.29. The first-order valence-corrected chi connectivity index (χ1v) is 24.8. The molecule has 4 N–H and O–H groups in total. The summed E-state index contributed by atoms with van der Waals surface area (Å²) in [4.78, 5) is 59.7. The lowest BCUT2D eigenvalue weighted by Gasteiger charge is -2.34. The average Bonchev–Trinajstić information content (AvgIpc) is 3.40. The van der Waals surface area contributed by atoms with Crippen molar-refractivity contribution < 1.29 is 43.2 Å². The Hall–Kier alpha value is -5.75. The molecule has 0 atom stereocenters. The minimum atomic E-state index is -0.513. The molecule has 1 aromatic heterocycles. The van der Waals surface area contributed by atoms with Crippen LogP contribution in [-0.4, -0.2) is 168 Å². The van der Waals surface area contributed by atoms with E-state index in [2.05, 4.69) is 44.4 Å². The third-order valence-corrected chi connectivity index (χ3v) is 12.3. The van der Waals surface area contributed by atoms with Crippen LogP contribution in [0.4, 0.5) is 11.4 Å². The highest BCUT2D eigenvalue weighted by molar-refractivity contribution is 6.06. The van der Waals surface area contributed by atoms with Gasteiger partial charge in [-0.1, -0.05) is 42.0 Å². The van der Waals surface area contributed by atoms with Gasteiger partial charge in [-0.3, -0.25) is 29.1 Å². The molecule has 0 spiro atoms. The van der Waals surface area contributed by atoms with Gasteiger partial charge in [0.25, 0.3) is 5.91 Å². The lowest BCUT2D eigenvalue weighted by molar-refractivity contribution is -0.134. The van der Waals surface area contributed by atoms with Crippen LogP contribution in [0.2, 0.25) is 0 Å². The number of nitrogens with one attached hydrogen (secondary N) is 1. The second-order valence-electron chi connectivity index (χ2n) is 17.6. The summed E-state index contributed by atoms with van der Waals surface area (Å²) in [7, 11) is 1.70. The van der Waals surface area contributed by atoms with E-state index in [0.29, 0.717) is 88.3 Å². The summed E-state index contributed by atoms with van der Waals surface area (Å²) in [5, 5.41) is 11.7. The number of likely N-dealkylation sites (N-methyl/N-ethyl adjacent to an activating group) is 1. The number of piperidine rings is 1. The molecule has 1 aliphatic carbocycles. The van der Waals surface area contributed by atoms with Crippen molar-refractivity contribution in [3.8, 4) is 11.3 Å². The van der Waals surface area contributed by atoms with E-state index < -0.39 is 5.91 Å². The van der Waals surface area contributed by atoms with E-state index in [0.717, 1.165) is 81.9 Å². The Morgan fingerprint density at radius 2 is 1.40 bits per heavy atom. The molecule has 2 aliphatic heterocycles. The van der Waals surface area contributed by atoms with E-state index >= 15 is 0 Å². The quantitative estimate of drug-likeness (QED) is 0.0615. The van der Waals surface area contributed by atoms with Gasteiger partial charge in [-0.05, 0) is 105 Å². The highest BCUT2D eigenvalue weighted by Gasteiger charge is 2.21. The number of aliphatic hydroxyl groups excluding tert-OH is 1. The van der Waals surface area contributed by atoms with E-state index in [1.165, 1.54) is 37.0 Å². The van der Waals surface area contributed by atoms with Gasteiger partial charge in [-0.2, -0.15) is 0 Å². The maximum atomic E-state index is 12.9. The summed E-state index contributed by atoms with van der Waals surface area (Å²) < 4.78 is 21.5.